The zero-order chi connectivity index (χ0) is 25.0. The SMILES string of the molecule is C[Si]1(CCCOCC(O)O)O[Si](C)(CCCOCC(O)O)O[Si](C)(CCCOCC(O)O)O1. The standard InChI is InChI=1S/C18H42O12Si3/c1-31(10-4-7-25-13-16(19)20)28-32(2,11-5-8-26-14-17(21)22)30-33(3,29-31)12-6-9-27-15-18(23)24/h16-24H,4-15H2,1-3H3. The van der Waals surface area contributed by atoms with Crippen LogP contribution < -0.4 is 0 Å². The lowest BCUT2D eigenvalue weighted by atomic mass is 10.5. The average molecular weight is 535 g/mol. The van der Waals surface area contributed by atoms with Crippen LogP contribution in [0, 0.1) is 0 Å². The van der Waals surface area contributed by atoms with Gasteiger partial charge < -0.3 is 57.2 Å². The number of hydrogen-bond donors (Lipinski definition) is 6. The molecule has 0 spiro atoms. The van der Waals surface area contributed by atoms with E-state index >= 15 is 0 Å². The summed E-state index contributed by atoms with van der Waals surface area (Å²) in [5.41, 5.74) is 0. The van der Waals surface area contributed by atoms with Crippen LogP contribution in [0.2, 0.25) is 37.8 Å². The number of ether oxygens (including phenoxy) is 3. The zero-order valence-electron chi connectivity index (χ0n) is 19.9. The van der Waals surface area contributed by atoms with Gasteiger partial charge in [0.2, 0.25) is 0 Å². The molecule has 1 saturated heterocycles. The van der Waals surface area contributed by atoms with E-state index in [9.17, 15) is 0 Å². The lowest BCUT2D eigenvalue weighted by Gasteiger charge is -2.50. The highest BCUT2D eigenvalue weighted by Crippen LogP contribution is 2.38. The van der Waals surface area contributed by atoms with E-state index in [1.54, 1.807) is 0 Å². The van der Waals surface area contributed by atoms with Gasteiger partial charge in [0.15, 0.2) is 18.9 Å². The number of hydrogen-bond acceptors (Lipinski definition) is 12. The van der Waals surface area contributed by atoms with Crippen molar-refractivity contribution in [3.63, 3.8) is 0 Å². The Balaban J connectivity index is 2.69. The van der Waals surface area contributed by atoms with Gasteiger partial charge in [-0.25, -0.2) is 0 Å². The first-order chi connectivity index (χ1) is 15.4. The van der Waals surface area contributed by atoms with Gasteiger partial charge >= 0.3 is 25.7 Å². The molecule has 0 aromatic heterocycles. The van der Waals surface area contributed by atoms with Crippen LogP contribution in [0.25, 0.3) is 0 Å². The number of rotatable bonds is 18. The molecule has 1 aliphatic heterocycles. The highest BCUT2D eigenvalue weighted by Gasteiger charge is 2.55. The quantitative estimate of drug-likeness (QED) is 0.0750. The van der Waals surface area contributed by atoms with Crippen LogP contribution in [-0.2, 0) is 26.6 Å². The molecule has 0 aliphatic carbocycles. The van der Waals surface area contributed by atoms with Gasteiger partial charge in [0, 0.05) is 19.8 Å². The monoisotopic (exact) mass is 534 g/mol. The van der Waals surface area contributed by atoms with Crippen LogP contribution in [0.3, 0.4) is 0 Å². The van der Waals surface area contributed by atoms with E-state index in [0.29, 0.717) is 57.2 Å². The van der Waals surface area contributed by atoms with Crippen molar-refractivity contribution in [3.05, 3.63) is 0 Å². The zero-order valence-corrected chi connectivity index (χ0v) is 22.9. The van der Waals surface area contributed by atoms with Crippen LogP contribution in [0.1, 0.15) is 19.3 Å². The van der Waals surface area contributed by atoms with Gasteiger partial charge in [0.25, 0.3) is 0 Å². The molecular weight excluding hydrogens is 492 g/mol. The van der Waals surface area contributed by atoms with Gasteiger partial charge in [-0.3, -0.25) is 0 Å². The van der Waals surface area contributed by atoms with Crippen LogP contribution >= 0.6 is 0 Å². The van der Waals surface area contributed by atoms with E-state index in [-0.39, 0.29) is 19.8 Å². The normalized spacial score (nSPS) is 28.4. The van der Waals surface area contributed by atoms with Gasteiger partial charge in [-0.15, -0.1) is 0 Å². The van der Waals surface area contributed by atoms with Gasteiger partial charge in [-0.1, -0.05) is 0 Å². The third-order valence-corrected chi connectivity index (χ3v) is 19.0. The van der Waals surface area contributed by atoms with Gasteiger partial charge in [-0.05, 0) is 57.0 Å². The third-order valence-electron chi connectivity index (χ3n) is 4.85. The number of aliphatic hydroxyl groups excluding tert-OH is 3. The van der Waals surface area contributed by atoms with Crippen LogP contribution in [0.4, 0.5) is 0 Å². The summed E-state index contributed by atoms with van der Waals surface area (Å²) < 4.78 is 35.3. The minimum absolute atomic E-state index is 0.146. The topological polar surface area (TPSA) is 177 Å². The van der Waals surface area contributed by atoms with E-state index in [0.717, 1.165) is 0 Å². The molecular formula is C18H42O12Si3. The summed E-state index contributed by atoms with van der Waals surface area (Å²) in [6.07, 6.45) is -2.53. The van der Waals surface area contributed by atoms with Gasteiger partial charge in [-0.2, -0.15) is 0 Å². The summed E-state index contributed by atoms with van der Waals surface area (Å²) in [4.78, 5) is 0. The first kappa shape index (κ1) is 31.2. The smallest absolute Gasteiger partial charge is 0.317 e. The first-order valence-electron chi connectivity index (χ1n) is 11.3. The van der Waals surface area contributed by atoms with E-state index in [2.05, 4.69) is 0 Å². The predicted molar refractivity (Wildman–Crippen MR) is 124 cm³/mol. The molecule has 0 atom stereocenters. The summed E-state index contributed by atoms with van der Waals surface area (Å²) in [6.45, 7) is 6.70. The molecule has 0 aromatic rings. The molecule has 0 radical (unpaired) electrons. The average Bonchev–Trinajstić information content (AvgIpc) is 2.65. The Bertz CT molecular complexity index is 449. The van der Waals surface area contributed by atoms with Crippen molar-refractivity contribution in [1.82, 2.24) is 0 Å². The molecule has 33 heavy (non-hydrogen) atoms. The molecule has 1 aliphatic rings. The van der Waals surface area contributed by atoms with Crippen LogP contribution in [-0.4, -0.2) is 115 Å². The van der Waals surface area contributed by atoms with E-state index in [4.69, 9.17) is 57.2 Å². The lowest BCUT2D eigenvalue weighted by Crippen LogP contribution is -2.67. The largest absolute Gasteiger partial charge is 0.416 e. The predicted octanol–water partition coefficient (Wildman–Crippen LogP) is -0.582. The Morgan fingerprint density at radius 1 is 0.515 bits per heavy atom. The van der Waals surface area contributed by atoms with E-state index < -0.39 is 44.6 Å². The molecule has 1 fully saturated rings. The second-order valence-corrected chi connectivity index (χ2v) is 19.4. The third kappa shape index (κ3) is 14.4. The van der Waals surface area contributed by atoms with Gasteiger partial charge in [0.1, 0.15) is 0 Å². The van der Waals surface area contributed by atoms with E-state index in [1.807, 2.05) is 19.6 Å². The van der Waals surface area contributed by atoms with Crippen molar-refractivity contribution in [2.45, 2.75) is 75.9 Å². The molecule has 12 nitrogen and oxygen atoms in total. The fourth-order valence-electron chi connectivity index (χ4n) is 3.79. The fourth-order valence-corrected chi connectivity index (χ4v) is 21.2. The summed E-state index contributed by atoms with van der Waals surface area (Å²) in [5, 5.41) is 53.4. The van der Waals surface area contributed by atoms with Crippen LogP contribution in [0.15, 0.2) is 0 Å². The van der Waals surface area contributed by atoms with Crippen molar-refractivity contribution < 1.29 is 57.2 Å². The minimum Gasteiger partial charge on any atom is -0.416 e. The Hall–Kier alpha value is 0.171. The molecule has 1 heterocycles. The van der Waals surface area contributed by atoms with Crippen molar-refractivity contribution in [2.24, 2.45) is 0 Å². The van der Waals surface area contributed by atoms with Crippen molar-refractivity contribution >= 4 is 25.7 Å². The molecule has 1 rings (SSSR count). The second-order valence-electron chi connectivity index (χ2n) is 8.68. The summed E-state index contributed by atoms with van der Waals surface area (Å²) in [7, 11) is -7.82. The Labute approximate surface area is 198 Å². The minimum atomic E-state index is -2.61. The highest BCUT2D eigenvalue weighted by atomic mass is 28.5. The molecule has 0 aromatic carbocycles. The summed E-state index contributed by atoms with van der Waals surface area (Å²) >= 11 is 0. The Kier molecular flexibility index (Phi) is 14.5. The molecule has 198 valence electrons. The van der Waals surface area contributed by atoms with Gasteiger partial charge in [0.05, 0.1) is 19.8 Å². The first-order valence-corrected chi connectivity index (χ1v) is 18.9. The maximum absolute atomic E-state index is 8.90. The van der Waals surface area contributed by atoms with Crippen molar-refractivity contribution in [1.29, 1.82) is 0 Å². The van der Waals surface area contributed by atoms with E-state index in [1.165, 1.54) is 0 Å². The maximum atomic E-state index is 8.90. The molecule has 15 heteroatoms. The van der Waals surface area contributed by atoms with Crippen molar-refractivity contribution in [3.8, 4) is 0 Å². The molecule has 0 saturated carbocycles. The highest BCUT2D eigenvalue weighted by molar-refractivity contribution is 6.93. The Morgan fingerprint density at radius 2 is 0.758 bits per heavy atom. The molecule has 0 bridgehead atoms. The molecule has 0 amide bonds. The molecule has 0 unspecified atom stereocenters. The fraction of sp³-hybridized carbons (Fsp3) is 1.00. The maximum Gasteiger partial charge on any atom is 0.317 e. The lowest BCUT2D eigenvalue weighted by molar-refractivity contribution is -0.0947. The van der Waals surface area contributed by atoms with Crippen molar-refractivity contribution in [2.75, 3.05) is 39.6 Å². The number of aliphatic hydroxyl groups is 6. The second kappa shape index (κ2) is 15.3. The summed E-state index contributed by atoms with van der Waals surface area (Å²) in [5.74, 6) is 0. The molecule has 6 N–H and O–H groups in total. The van der Waals surface area contributed by atoms with Crippen LogP contribution in [0.5, 0.6) is 0 Å². The Morgan fingerprint density at radius 3 is 0.970 bits per heavy atom. The summed E-state index contributed by atoms with van der Waals surface area (Å²) in [6, 6.07) is 2.01.